The number of rotatable bonds is 8. The third-order valence-electron chi connectivity index (χ3n) is 7.55. The molecule has 2 aromatic heterocycles. The van der Waals surface area contributed by atoms with Crippen molar-refractivity contribution in [2.24, 2.45) is 10.9 Å². The van der Waals surface area contributed by atoms with Crippen LogP contribution in [0, 0.1) is 5.92 Å². The quantitative estimate of drug-likeness (QED) is 0.426. The smallest absolute Gasteiger partial charge is 0.252 e. The number of para-hydroxylation sites is 1. The van der Waals surface area contributed by atoms with Gasteiger partial charge in [-0.05, 0) is 30.9 Å². The van der Waals surface area contributed by atoms with E-state index in [0.717, 1.165) is 29.8 Å². The zero-order valence-corrected chi connectivity index (χ0v) is 23.8. The molecule has 40 heavy (non-hydrogen) atoms. The second-order valence-corrected chi connectivity index (χ2v) is 11.7. The van der Waals surface area contributed by atoms with Gasteiger partial charge in [-0.15, -0.1) is 5.10 Å². The van der Waals surface area contributed by atoms with E-state index in [-0.39, 0.29) is 24.0 Å². The normalized spacial score (nSPS) is 16.7. The van der Waals surface area contributed by atoms with Crippen LogP contribution in [0.25, 0.3) is 0 Å². The summed E-state index contributed by atoms with van der Waals surface area (Å²) in [4.78, 5) is 24.3. The lowest BCUT2D eigenvalue weighted by Crippen LogP contribution is -2.54. The molecule has 3 aromatic rings. The Hall–Kier alpha value is -3.79. The molecule has 1 fully saturated rings. The van der Waals surface area contributed by atoms with E-state index in [1.807, 2.05) is 47.3 Å². The van der Waals surface area contributed by atoms with Crippen molar-refractivity contribution in [1.29, 1.82) is 0 Å². The number of guanidine groups is 1. The van der Waals surface area contributed by atoms with Crippen LogP contribution in [-0.2, 0) is 28.0 Å². The molecule has 10 heteroatoms. The van der Waals surface area contributed by atoms with Gasteiger partial charge >= 0.3 is 0 Å². The van der Waals surface area contributed by atoms with Gasteiger partial charge < -0.3 is 14.4 Å². The number of ether oxygens (including phenoxy) is 2. The van der Waals surface area contributed by atoms with Crippen LogP contribution in [0.15, 0.2) is 53.8 Å². The van der Waals surface area contributed by atoms with Crippen LogP contribution in [0.2, 0.25) is 0 Å². The topological polar surface area (TPSA) is 107 Å². The zero-order valence-electron chi connectivity index (χ0n) is 23.8. The predicted octanol–water partition coefficient (Wildman–Crippen LogP) is 4.98. The molecular weight excluding hydrogens is 506 g/mol. The molecule has 0 spiro atoms. The highest BCUT2D eigenvalue weighted by Gasteiger charge is 2.35. The maximum atomic E-state index is 12.7. The van der Waals surface area contributed by atoms with E-state index in [0.29, 0.717) is 36.5 Å². The van der Waals surface area contributed by atoms with Gasteiger partial charge in [0.15, 0.2) is 0 Å². The standard InChI is InChI=1S/C30H39N7O3/c1-30(2,3)26-19-36(35-34-26)18-25(21-11-7-5-8-12-21)37-17-22-15-28(40-23-13-9-6-10-14-23)31-16-24(22)32-29(37)33-27(38)20-39-4/h6,9-10,13-16,19,21,25H,5,7-8,11-12,17-18,20H2,1-4H3,(H,32,33,38)/t25-/m1/s1. The predicted molar refractivity (Wildman–Crippen MR) is 152 cm³/mol. The van der Waals surface area contributed by atoms with Crippen molar-refractivity contribution in [1.82, 2.24) is 30.2 Å². The van der Waals surface area contributed by atoms with E-state index in [4.69, 9.17) is 14.5 Å². The summed E-state index contributed by atoms with van der Waals surface area (Å²) < 4.78 is 13.1. The van der Waals surface area contributed by atoms with E-state index < -0.39 is 0 Å². The summed E-state index contributed by atoms with van der Waals surface area (Å²) in [6, 6.07) is 11.6. The Morgan fingerprint density at radius 3 is 2.62 bits per heavy atom. The highest BCUT2D eigenvalue weighted by atomic mass is 16.5. The van der Waals surface area contributed by atoms with Crippen molar-refractivity contribution in [3.63, 3.8) is 0 Å². The fourth-order valence-corrected chi connectivity index (χ4v) is 5.41. The average Bonchev–Trinajstić information content (AvgIpc) is 3.42. The lowest BCUT2D eigenvalue weighted by atomic mass is 9.83. The Morgan fingerprint density at radius 1 is 1.15 bits per heavy atom. The Labute approximate surface area is 235 Å². The molecule has 1 saturated carbocycles. The summed E-state index contributed by atoms with van der Waals surface area (Å²) in [6.07, 6.45) is 9.62. The van der Waals surface area contributed by atoms with Gasteiger partial charge in [-0.3, -0.25) is 14.8 Å². The van der Waals surface area contributed by atoms with Gasteiger partial charge in [0.05, 0.1) is 30.2 Å². The maximum Gasteiger partial charge on any atom is 0.252 e. The lowest BCUT2D eigenvalue weighted by molar-refractivity contribution is -0.123. The van der Waals surface area contributed by atoms with E-state index in [1.54, 1.807) is 6.20 Å². The fraction of sp³-hybridized carbons (Fsp3) is 0.500. The number of nitrogens with zero attached hydrogens (tertiary/aromatic N) is 6. The molecule has 0 unspecified atom stereocenters. The molecule has 1 N–H and O–H groups in total. The van der Waals surface area contributed by atoms with Gasteiger partial charge in [-0.25, -0.2) is 9.98 Å². The van der Waals surface area contributed by atoms with Crippen LogP contribution in [0.1, 0.15) is 64.1 Å². The minimum absolute atomic E-state index is 0.0477. The lowest BCUT2D eigenvalue weighted by Gasteiger charge is -2.42. The molecule has 1 amide bonds. The zero-order chi connectivity index (χ0) is 28.1. The monoisotopic (exact) mass is 545 g/mol. The van der Waals surface area contributed by atoms with E-state index in [1.165, 1.54) is 26.4 Å². The molecule has 2 aliphatic rings. The Kier molecular flexibility index (Phi) is 8.44. The summed E-state index contributed by atoms with van der Waals surface area (Å²) in [7, 11) is 1.51. The number of pyridine rings is 1. The van der Waals surface area contributed by atoms with Crippen molar-refractivity contribution in [2.45, 2.75) is 77.4 Å². The number of aromatic nitrogens is 4. The molecule has 0 radical (unpaired) electrons. The number of methoxy groups -OCH3 is 1. The number of nitrogens with one attached hydrogen (secondary N) is 1. The van der Waals surface area contributed by atoms with Crippen LogP contribution < -0.4 is 10.1 Å². The Balaban J connectivity index is 1.49. The molecule has 212 valence electrons. The summed E-state index contributed by atoms with van der Waals surface area (Å²) in [5, 5.41) is 12.0. The van der Waals surface area contributed by atoms with Crippen molar-refractivity contribution >= 4 is 17.6 Å². The van der Waals surface area contributed by atoms with Crippen LogP contribution >= 0.6 is 0 Å². The first-order chi connectivity index (χ1) is 19.3. The number of hydrogen-bond acceptors (Lipinski definition) is 8. The third-order valence-corrected chi connectivity index (χ3v) is 7.55. The molecule has 1 aliphatic heterocycles. The van der Waals surface area contributed by atoms with Crippen molar-refractivity contribution in [2.75, 3.05) is 13.7 Å². The molecule has 1 atom stereocenters. The number of aliphatic imine (C=N–C) groups is 1. The fourth-order valence-electron chi connectivity index (χ4n) is 5.41. The Bertz CT molecular complexity index is 1330. The summed E-state index contributed by atoms with van der Waals surface area (Å²) >= 11 is 0. The van der Waals surface area contributed by atoms with E-state index in [2.05, 4.69) is 46.3 Å². The minimum atomic E-state index is -0.246. The van der Waals surface area contributed by atoms with Crippen LogP contribution in [0.4, 0.5) is 5.69 Å². The summed E-state index contributed by atoms with van der Waals surface area (Å²) in [5.41, 5.74) is 2.56. The second-order valence-electron chi connectivity index (χ2n) is 11.7. The highest BCUT2D eigenvalue weighted by molar-refractivity contribution is 5.99. The number of carbonyl (C=O) groups is 1. The maximum absolute atomic E-state index is 12.7. The molecule has 1 aliphatic carbocycles. The van der Waals surface area contributed by atoms with Gasteiger partial charge in [-0.1, -0.05) is 63.4 Å². The molecular formula is C30H39N7O3. The molecule has 0 saturated heterocycles. The number of hydrogen-bond donors (Lipinski definition) is 1. The first-order valence-electron chi connectivity index (χ1n) is 14.1. The van der Waals surface area contributed by atoms with Crippen molar-refractivity contribution in [3.8, 4) is 11.6 Å². The third kappa shape index (κ3) is 6.67. The van der Waals surface area contributed by atoms with Crippen LogP contribution in [0.3, 0.4) is 0 Å². The molecule has 1 aromatic carbocycles. The van der Waals surface area contributed by atoms with Crippen molar-refractivity contribution < 1.29 is 14.3 Å². The number of amides is 1. The SMILES string of the molecule is COCC(=O)NC1=Nc2cnc(Oc3ccccc3)cc2CN1[C@H](Cn1cc(C(C)(C)C)nn1)C1CCCCC1. The first-order valence-corrected chi connectivity index (χ1v) is 14.1. The molecule has 3 heterocycles. The van der Waals surface area contributed by atoms with Crippen molar-refractivity contribution in [3.05, 3.63) is 60.0 Å². The second kappa shape index (κ2) is 12.2. The number of carbonyl (C=O) groups excluding carboxylic acids is 1. The van der Waals surface area contributed by atoms with Crippen LogP contribution in [-0.4, -0.2) is 56.5 Å². The van der Waals surface area contributed by atoms with Gasteiger partial charge in [0.2, 0.25) is 11.8 Å². The first kappa shape index (κ1) is 27.8. The Morgan fingerprint density at radius 2 is 1.93 bits per heavy atom. The average molecular weight is 546 g/mol. The van der Waals surface area contributed by atoms with Gasteiger partial charge in [0.25, 0.3) is 5.91 Å². The van der Waals surface area contributed by atoms with E-state index in [9.17, 15) is 4.79 Å². The number of benzene rings is 1. The van der Waals surface area contributed by atoms with Crippen LogP contribution in [0.5, 0.6) is 11.6 Å². The minimum Gasteiger partial charge on any atom is -0.439 e. The molecule has 0 bridgehead atoms. The highest BCUT2D eigenvalue weighted by Crippen LogP contribution is 2.35. The summed E-state index contributed by atoms with van der Waals surface area (Å²) in [5.74, 6) is 1.92. The molecule has 10 nitrogen and oxygen atoms in total. The molecule has 5 rings (SSSR count). The van der Waals surface area contributed by atoms with Gasteiger partial charge in [0, 0.05) is 36.9 Å². The summed E-state index contributed by atoms with van der Waals surface area (Å²) in [6.45, 7) is 7.56. The van der Waals surface area contributed by atoms with Gasteiger partial charge in [0.1, 0.15) is 12.4 Å². The number of fused-ring (bicyclic) bond motifs is 1. The largest absolute Gasteiger partial charge is 0.439 e. The van der Waals surface area contributed by atoms with Gasteiger partial charge in [-0.2, -0.15) is 0 Å². The van der Waals surface area contributed by atoms with E-state index >= 15 is 0 Å².